The number of aryl methyl sites for hydroxylation is 1. The largest absolute Gasteiger partial charge is 0.481 e. The minimum absolute atomic E-state index is 0.0917. The summed E-state index contributed by atoms with van der Waals surface area (Å²) in [6, 6.07) is 16.7. The van der Waals surface area contributed by atoms with Crippen LogP contribution in [0, 0.1) is 0 Å². The molecule has 3 heterocycles. The first-order chi connectivity index (χ1) is 22.4. The average molecular weight is 650 g/mol. The first-order valence-electron chi connectivity index (χ1n) is 16.3. The van der Waals surface area contributed by atoms with E-state index >= 15 is 0 Å². The van der Waals surface area contributed by atoms with Crippen molar-refractivity contribution in [1.29, 1.82) is 0 Å². The fourth-order valence-corrected chi connectivity index (χ4v) is 7.62. The maximum atomic E-state index is 13.5. The van der Waals surface area contributed by atoms with Crippen molar-refractivity contribution in [3.8, 4) is 0 Å². The molecule has 0 unspecified atom stereocenters. The molecule has 4 N–H and O–H groups in total. The Hall–Kier alpha value is -4.29. The summed E-state index contributed by atoms with van der Waals surface area (Å²) >= 11 is 0. The molecule has 12 nitrogen and oxygen atoms in total. The van der Waals surface area contributed by atoms with Gasteiger partial charge in [0.15, 0.2) is 5.60 Å². The summed E-state index contributed by atoms with van der Waals surface area (Å²) < 4.78 is 0. The number of benzene rings is 2. The first-order valence-corrected chi connectivity index (χ1v) is 16.3. The lowest BCUT2D eigenvalue weighted by Crippen LogP contribution is -2.50. The topological polar surface area (TPSA) is 176 Å². The smallest absolute Gasteiger partial charge is 0.336 e. The van der Waals surface area contributed by atoms with Crippen LogP contribution in [-0.2, 0) is 42.2 Å². The summed E-state index contributed by atoms with van der Waals surface area (Å²) in [4.78, 5) is 63.6. The van der Waals surface area contributed by atoms with Crippen LogP contribution >= 0.6 is 0 Å². The summed E-state index contributed by atoms with van der Waals surface area (Å²) in [6.07, 6.45) is 5.80. The Morgan fingerprint density at radius 3 is 2.00 bits per heavy atom. The number of rotatable bonds is 9. The molecule has 0 aromatic heterocycles. The van der Waals surface area contributed by atoms with Crippen LogP contribution in [-0.4, -0.2) is 104 Å². The third-order valence-corrected chi connectivity index (χ3v) is 10.1. The summed E-state index contributed by atoms with van der Waals surface area (Å²) in [5.74, 6) is -4.80. The number of anilines is 1. The van der Waals surface area contributed by atoms with E-state index in [0.717, 1.165) is 56.8 Å². The Labute approximate surface area is 273 Å². The van der Waals surface area contributed by atoms with Crippen molar-refractivity contribution >= 4 is 35.4 Å². The van der Waals surface area contributed by atoms with E-state index in [0.29, 0.717) is 18.3 Å². The standard InChI is InChI=1S/C29H35N3O2.C6H8O7/c33-27(12-18-30-19-14-29(15-20-30)13-11-22-7-1-3-9-24(22)29)32-25-10-4-2-8-23(25)21-26(32)28(34)31-16-5-6-17-31;7-3(8)1-6(13,5(11)12)2-4(9)10/h1-4,7-10,26H,5-6,11-21H2;13H,1-2H2,(H,7,8)(H,9,10)(H,11,12)/t26-;/m0./s1. The van der Waals surface area contributed by atoms with Crippen LogP contribution in [0.1, 0.15) is 68.1 Å². The van der Waals surface area contributed by atoms with Crippen molar-refractivity contribution in [3.63, 3.8) is 0 Å². The van der Waals surface area contributed by atoms with Gasteiger partial charge in [-0.15, -0.1) is 0 Å². The van der Waals surface area contributed by atoms with Gasteiger partial charge in [0.25, 0.3) is 0 Å². The fraction of sp³-hybridized carbons (Fsp3) is 0.514. The highest BCUT2D eigenvalue weighted by atomic mass is 16.4. The SMILES string of the molecule is O=C(O)CC(O)(CC(=O)O)C(=O)O.O=C([C@@H]1Cc2ccccc2N1C(=O)CCN1CCC2(CCc3ccccc32)CC1)N1CCCC1. The molecule has 2 fully saturated rings. The van der Waals surface area contributed by atoms with Crippen molar-refractivity contribution in [2.75, 3.05) is 37.6 Å². The summed E-state index contributed by atoms with van der Waals surface area (Å²) in [7, 11) is 0. The van der Waals surface area contributed by atoms with Crippen LogP contribution in [0.3, 0.4) is 0 Å². The number of likely N-dealkylation sites (tertiary alicyclic amines) is 2. The Kier molecular flexibility index (Phi) is 10.3. The molecule has 47 heavy (non-hydrogen) atoms. The maximum absolute atomic E-state index is 13.5. The monoisotopic (exact) mass is 649 g/mol. The molecule has 1 aliphatic carbocycles. The lowest BCUT2D eigenvalue weighted by molar-refractivity contribution is -0.170. The van der Waals surface area contributed by atoms with Crippen LogP contribution < -0.4 is 4.90 Å². The first kappa shape index (κ1) is 34.1. The van der Waals surface area contributed by atoms with Gasteiger partial charge >= 0.3 is 17.9 Å². The minimum Gasteiger partial charge on any atom is -0.481 e. The van der Waals surface area contributed by atoms with E-state index < -0.39 is 36.4 Å². The van der Waals surface area contributed by atoms with E-state index in [1.165, 1.54) is 31.2 Å². The lowest BCUT2D eigenvalue weighted by Gasteiger charge is -2.40. The molecule has 252 valence electrons. The van der Waals surface area contributed by atoms with Crippen molar-refractivity contribution in [2.24, 2.45) is 0 Å². The Morgan fingerprint density at radius 2 is 1.38 bits per heavy atom. The second-order valence-electron chi connectivity index (χ2n) is 13.2. The fourth-order valence-electron chi connectivity index (χ4n) is 7.62. The van der Waals surface area contributed by atoms with E-state index in [1.54, 1.807) is 5.56 Å². The molecule has 4 aliphatic rings. The normalized spacial score (nSPS) is 19.9. The number of carbonyl (C=O) groups is 5. The number of aliphatic carboxylic acids is 3. The van der Waals surface area contributed by atoms with Gasteiger partial charge in [-0.2, -0.15) is 0 Å². The second kappa shape index (κ2) is 14.2. The number of para-hydroxylation sites is 1. The van der Waals surface area contributed by atoms with Crippen molar-refractivity contribution < 1.29 is 44.4 Å². The van der Waals surface area contributed by atoms with Crippen LogP contribution in [0.2, 0.25) is 0 Å². The van der Waals surface area contributed by atoms with Gasteiger partial charge in [0.05, 0.1) is 12.8 Å². The van der Waals surface area contributed by atoms with E-state index in [1.807, 2.05) is 28.0 Å². The number of carboxylic acids is 3. The van der Waals surface area contributed by atoms with Gasteiger partial charge < -0.3 is 30.2 Å². The number of carboxylic acid groups (broad SMARTS) is 3. The van der Waals surface area contributed by atoms with Gasteiger partial charge in [0.1, 0.15) is 6.04 Å². The van der Waals surface area contributed by atoms with Crippen LogP contribution in [0.25, 0.3) is 0 Å². The lowest BCUT2D eigenvalue weighted by atomic mass is 9.74. The predicted octanol–water partition coefficient (Wildman–Crippen LogP) is 2.69. The molecule has 2 aromatic rings. The highest BCUT2D eigenvalue weighted by Crippen LogP contribution is 2.46. The molecule has 2 saturated heterocycles. The van der Waals surface area contributed by atoms with Gasteiger partial charge in [0.2, 0.25) is 11.8 Å². The highest BCUT2D eigenvalue weighted by Gasteiger charge is 2.43. The van der Waals surface area contributed by atoms with E-state index in [2.05, 4.69) is 35.2 Å². The summed E-state index contributed by atoms with van der Waals surface area (Å²) in [5.41, 5.74) is 2.77. The molecule has 0 saturated carbocycles. The minimum atomic E-state index is -2.74. The Bertz CT molecular complexity index is 1500. The van der Waals surface area contributed by atoms with E-state index in [4.69, 9.17) is 20.4 Å². The van der Waals surface area contributed by atoms with E-state index in [-0.39, 0.29) is 17.9 Å². The quantitative estimate of drug-likeness (QED) is 0.316. The zero-order valence-corrected chi connectivity index (χ0v) is 26.5. The number of aliphatic hydroxyl groups is 1. The second-order valence-corrected chi connectivity index (χ2v) is 13.2. The third kappa shape index (κ3) is 7.49. The maximum Gasteiger partial charge on any atom is 0.336 e. The zero-order valence-electron chi connectivity index (χ0n) is 26.5. The van der Waals surface area contributed by atoms with Gasteiger partial charge in [-0.05, 0) is 79.8 Å². The number of hydrogen-bond donors (Lipinski definition) is 4. The summed E-state index contributed by atoms with van der Waals surface area (Å²) in [5, 5.41) is 33.8. The molecule has 1 spiro atoms. The molecule has 6 rings (SSSR count). The van der Waals surface area contributed by atoms with Gasteiger partial charge in [0, 0.05) is 38.2 Å². The van der Waals surface area contributed by atoms with E-state index in [9.17, 15) is 24.0 Å². The van der Waals surface area contributed by atoms with Gasteiger partial charge in [-0.1, -0.05) is 42.5 Å². The number of amides is 2. The van der Waals surface area contributed by atoms with Crippen LogP contribution in [0.4, 0.5) is 5.69 Å². The third-order valence-electron chi connectivity index (χ3n) is 10.1. The molecule has 0 radical (unpaired) electrons. The molecule has 0 bridgehead atoms. The molecule has 12 heteroatoms. The molecule has 3 aliphatic heterocycles. The molecule has 2 aromatic carbocycles. The zero-order chi connectivity index (χ0) is 33.8. The average Bonchev–Trinajstić information content (AvgIpc) is 3.79. The van der Waals surface area contributed by atoms with Crippen LogP contribution in [0.5, 0.6) is 0 Å². The number of hydrogen-bond acceptors (Lipinski definition) is 7. The van der Waals surface area contributed by atoms with Crippen LogP contribution in [0.15, 0.2) is 48.5 Å². The number of piperidine rings is 1. The number of carbonyl (C=O) groups excluding carboxylic acids is 2. The molecular formula is C35H43N3O9. The van der Waals surface area contributed by atoms with Crippen molar-refractivity contribution in [3.05, 3.63) is 65.2 Å². The van der Waals surface area contributed by atoms with Crippen molar-refractivity contribution in [1.82, 2.24) is 9.80 Å². The number of nitrogens with zero attached hydrogens (tertiary/aromatic N) is 3. The van der Waals surface area contributed by atoms with Crippen molar-refractivity contribution in [2.45, 2.75) is 81.3 Å². The molecular weight excluding hydrogens is 606 g/mol. The summed E-state index contributed by atoms with van der Waals surface area (Å²) in [6.45, 7) is 4.53. The predicted molar refractivity (Wildman–Crippen MR) is 171 cm³/mol. The Morgan fingerprint density at radius 1 is 0.787 bits per heavy atom. The van der Waals surface area contributed by atoms with Gasteiger partial charge in [-0.25, -0.2) is 4.79 Å². The Balaban J connectivity index is 0.000000285. The molecule has 2 amide bonds. The van der Waals surface area contributed by atoms with Gasteiger partial charge in [-0.3, -0.25) is 24.1 Å². The highest BCUT2D eigenvalue weighted by molar-refractivity contribution is 6.03. The number of fused-ring (bicyclic) bond motifs is 3. The molecule has 1 atom stereocenters.